The van der Waals surface area contributed by atoms with Gasteiger partial charge in [0, 0.05) is 12.4 Å². The fourth-order valence-corrected chi connectivity index (χ4v) is 1.84. The molecule has 0 amide bonds. The molecule has 0 aliphatic rings. The molecular weight excluding hydrogens is 263 g/mol. The van der Waals surface area contributed by atoms with Crippen molar-refractivity contribution in [3.8, 4) is 0 Å². The van der Waals surface area contributed by atoms with Crippen LogP contribution in [0.2, 0.25) is 5.02 Å². The zero-order valence-corrected chi connectivity index (χ0v) is 9.93. The van der Waals surface area contributed by atoms with E-state index in [0.717, 1.165) is 6.07 Å². The van der Waals surface area contributed by atoms with E-state index in [1.54, 1.807) is 0 Å². The molecule has 3 N–H and O–H groups in total. The molecule has 0 spiro atoms. The van der Waals surface area contributed by atoms with Crippen molar-refractivity contribution < 1.29 is 14.3 Å². The Morgan fingerprint density at radius 1 is 1.50 bits per heavy atom. The van der Waals surface area contributed by atoms with Crippen molar-refractivity contribution in [3.05, 3.63) is 38.8 Å². The highest BCUT2D eigenvalue weighted by atomic mass is 35.5. The van der Waals surface area contributed by atoms with E-state index in [4.69, 9.17) is 16.7 Å². The Morgan fingerprint density at radius 2 is 2.17 bits per heavy atom. The predicted molar refractivity (Wildman–Crippen MR) is 66.0 cm³/mol. The molecule has 0 atom stereocenters. The summed E-state index contributed by atoms with van der Waals surface area (Å²) in [6, 6.07) is 2.16. The molecule has 0 saturated heterocycles. The summed E-state index contributed by atoms with van der Waals surface area (Å²) in [4.78, 5) is 25.7. The van der Waals surface area contributed by atoms with E-state index >= 15 is 0 Å². The summed E-state index contributed by atoms with van der Waals surface area (Å²) in [6.45, 7) is 0. The molecule has 2 rings (SSSR count). The Hall–Kier alpha value is -2.08. The Morgan fingerprint density at radius 3 is 2.72 bits per heavy atom. The molecule has 0 bridgehead atoms. The van der Waals surface area contributed by atoms with Gasteiger partial charge in [-0.3, -0.25) is 4.79 Å². The quantitative estimate of drug-likeness (QED) is 0.780. The van der Waals surface area contributed by atoms with Crippen molar-refractivity contribution in [1.29, 1.82) is 0 Å². The maximum Gasteiger partial charge on any atom is 0.343 e. The number of anilines is 1. The lowest BCUT2D eigenvalue weighted by molar-refractivity contribution is 0.0696. The Bertz CT molecular complexity index is 711. The number of aromatic amines is 1. The number of nitrogens with one attached hydrogen (secondary N) is 2. The molecular formula is C11H8ClFN2O3. The number of rotatable bonds is 2. The van der Waals surface area contributed by atoms with Gasteiger partial charge in [-0.15, -0.1) is 0 Å². The zero-order chi connectivity index (χ0) is 13.4. The van der Waals surface area contributed by atoms with Gasteiger partial charge < -0.3 is 15.4 Å². The van der Waals surface area contributed by atoms with Gasteiger partial charge >= 0.3 is 5.97 Å². The number of hydrogen-bond donors (Lipinski definition) is 3. The minimum atomic E-state index is -1.39. The number of hydrogen-bond acceptors (Lipinski definition) is 3. The summed E-state index contributed by atoms with van der Waals surface area (Å²) in [5, 5.41) is 11.3. The lowest BCUT2D eigenvalue weighted by Crippen LogP contribution is -2.19. The van der Waals surface area contributed by atoms with Gasteiger partial charge in [-0.1, -0.05) is 11.6 Å². The van der Waals surface area contributed by atoms with Crippen molar-refractivity contribution >= 4 is 34.3 Å². The largest absolute Gasteiger partial charge is 0.477 e. The number of pyridine rings is 1. The Balaban J connectivity index is 2.96. The molecule has 2 aromatic rings. The predicted octanol–water partition coefficient (Wildman–Crippen LogP) is 2.06. The molecule has 1 aromatic heterocycles. The monoisotopic (exact) mass is 270 g/mol. The number of carboxylic acids is 1. The van der Waals surface area contributed by atoms with Crippen molar-refractivity contribution in [2.75, 3.05) is 12.4 Å². The Kier molecular flexibility index (Phi) is 2.96. The molecule has 0 fully saturated rings. The smallest absolute Gasteiger partial charge is 0.343 e. The molecule has 94 valence electrons. The highest BCUT2D eigenvalue weighted by Crippen LogP contribution is 2.22. The van der Waals surface area contributed by atoms with Crippen LogP contribution in [0.3, 0.4) is 0 Å². The standard InChI is InChI=1S/C11H8ClFN2O3/c1-14-10-8(11(17)18)9(16)4-2-6(13)5(12)3-7(4)15-10/h2-3H,1H3,(H,17,18)(H2,14,15,16). The number of halogens is 2. The zero-order valence-electron chi connectivity index (χ0n) is 9.17. The van der Waals surface area contributed by atoms with Crippen molar-refractivity contribution in [2.45, 2.75) is 0 Å². The summed E-state index contributed by atoms with van der Waals surface area (Å²) >= 11 is 5.60. The number of benzene rings is 1. The molecule has 0 unspecified atom stereocenters. The first-order valence-electron chi connectivity index (χ1n) is 4.91. The molecule has 1 aromatic carbocycles. The minimum Gasteiger partial charge on any atom is -0.477 e. The molecule has 5 nitrogen and oxygen atoms in total. The van der Waals surface area contributed by atoms with Gasteiger partial charge in [0.15, 0.2) is 0 Å². The number of aromatic nitrogens is 1. The highest BCUT2D eigenvalue weighted by molar-refractivity contribution is 6.31. The molecule has 7 heteroatoms. The number of carboxylic acid groups (broad SMARTS) is 1. The third-order valence-electron chi connectivity index (χ3n) is 2.51. The van der Waals surface area contributed by atoms with Crippen molar-refractivity contribution in [3.63, 3.8) is 0 Å². The first kappa shape index (κ1) is 12.4. The van der Waals surface area contributed by atoms with Gasteiger partial charge in [-0.2, -0.15) is 0 Å². The fourth-order valence-electron chi connectivity index (χ4n) is 1.68. The number of fused-ring (bicyclic) bond motifs is 1. The van der Waals surface area contributed by atoms with Gasteiger partial charge in [0.1, 0.15) is 17.2 Å². The fraction of sp³-hybridized carbons (Fsp3) is 0.0909. The normalized spacial score (nSPS) is 10.6. The molecule has 0 aliphatic carbocycles. The van der Waals surface area contributed by atoms with Crippen molar-refractivity contribution in [2.24, 2.45) is 0 Å². The van der Waals surface area contributed by atoms with E-state index in [9.17, 15) is 14.0 Å². The first-order valence-corrected chi connectivity index (χ1v) is 5.29. The number of aromatic carboxylic acids is 1. The maximum absolute atomic E-state index is 13.3. The molecule has 1 heterocycles. The Labute approximate surface area is 105 Å². The van der Waals surface area contributed by atoms with E-state index < -0.39 is 22.8 Å². The minimum absolute atomic E-state index is 0.0441. The molecule has 0 aliphatic heterocycles. The van der Waals surface area contributed by atoms with Crippen LogP contribution in [0.5, 0.6) is 0 Å². The molecule has 0 saturated carbocycles. The maximum atomic E-state index is 13.3. The second-order valence-corrected chi connectivity index (χ2v) is 3.98. The second kappa shape index (κ2) is 4.30. The van der Waals surface area contributed by atoms with E-state index in [1.807, 2.05) is 0 Å². The van der Waals surface area contributed by atoms with Gasteiger partial charge in [0.25, 0.3) is 0 Å². The lowest BCUT2D eigenvalue weighted by Gasteiger charge is -2.08. The van der Waals surface area contributed by atoms with Crippen LogP contribution in [-0.2, 0) is 0 Å². The average Bonchev–Trinajstić information content (AvgIpc) is 2.30. The van der Waals surface area contributed by atoms with Gasteiger partial charge in [-0.05, 0) is 12.1 Å². The summed E-state index contributed by atoms with van der Waals surface area (Å²) in [5.74, 6) is -2.12. The lowest BCUT2D eigenvalue weighted by atomic mass is 10.1. The van der Waals surface area contributed by atoms with Crippen molar-refractivity contribution in [1.82, 2.24) is 4.98 Å². The first-order chi connectivity index (χ1) is 8.45. The van der Waals surface area contributed by atoms with Gasteiger partial charge in [-0.25, -0.2) is 9.18 Å². The highest BCUT2D eigenvalue weighted by Gasteiger charge is 2.18. The summed E-state index contributed by atoms with van der Waals surface area (Å²) in [5.41, 5.74) is -0.969. The third-order valence-corrected chi connectivity index (χ3v) is 2.80. The topological polar surface area (TPSA) is 82.2 Å². The van der Waals surface area contributed by atoms with E-state index in [1.165, 1.54) is 13.1 Å². The van der Waals surface area contributed by atoms with E-state index in [2.05, 4.69) is 10.3 Å². The summed E-state index contributed by atoms with van der Waals surface area (Å²) in [7, 11) is 1.47. The van der Waals surface area contributed by atoms with Crippen LogP contribution in [0.15, 0.2) is 16.9 Å². The molecule has 18 heavy (non-hydrogen) atoms. The van der Waals surface area contributed by atoms with Crippen LogP contribution in [0, 0.1) is 5.82 Å². The SMILES string of the molecule is CNc1[nH]c2cc(Cl)c(F)cc2c(=O)c1C(=O)O. The van der Waals surface area contributed by atoms with Crippen LogP contribution in [-0.4, -0.2) is 23.1 Å². The van der Waals surface area contributed by atoms with Gasteiger partial charge in [0.05, 0.1) is 10.5 Å². The summed E-state index contributed by atoms with van der Waals surface area (Å²) < 4.78 is 13.3. The van der Waals surface area contributed by atoms with Gasteiger partial charge in [0.2, 0.25) is 5.43 Å². The van der Waals surface area contributed by atoms with E-state index in [-0.39, 0.29) is 21.7 Å². The number of carbonyl (C=O) groups is 1. The average molecular weight is 271 g/mol. The van der Waals surface area contributed by atoms with Crippen LogP contribution in [0.1, 0.15) is 10.4 Å². The number of H-pyrrole nitrogens is 1. The van der Waals surface area contributed by atoms with Crippen LogP contribution in [0.4, 0.5) is 10.2 Å². The van der Waals surface area contributed by atoms with Crippen LogP contribution < -0.4 is 10.7 Å². The molecule has 0 radical (unpaired) electrons. The van der Waals surface area contributed by atoms with E-state index in [0.29, 0.717) is 0 Å². The second-order valence-electron chi connectivity index (χ2n) is 3.57. The third kappa shape index (κ3) is 1.80. The van der Waals surface area contributed by atoms with Crippen LogP contribution >= 0.6 is 11.6 Å². The summed E-state index contributed by atoms with van der Waals surface area (Å²) in [6.07, 6.45) is 0. The van der Waals surface area contributed by atoms with Crippen LogP contribution in [0.25, 0.3) is 10.9 Å².